The fraction of sp³-hybridized carbons (Fsp3) is 0.357. The van der Waals surface area contributed by atoms with Crippen molar-refractivity contribution in [1.29, 1.82) is 0 Å². The topological polar surface area (TPSA) is 71.1 Å². The van der Waals surface area contributed by atoms with Crippen LogP contribution in [0.25, 0.3) is 0 Å². The molecule has 114 valence electrons. The number of rotatable bonds is 8. The zero-order valence-corrected chi connectivity index (χ0v) is 13.5. The minimum absolute atomic E-state index is 0.378. The van der Waals surface area contributed by atoms with Crippen LogP contribution >= 0.6 is 11.3 Å². The molecule has 2 heterocycles. The molecule has 2 aromatic heterocycles. The number of hydrogen-bond donors (Lipinski definition) is 2. The summed E-state index contributed by atoms with van der Waals surface area (Å²) in [6.45, 7) is 1.23. The lowest BCUT2D eigenvalue weighted by Crippen LogP contribution is -2.25. The summed E-state index contributed by atoms with van der Waals surface area (Å²) in [6, 6.07) is 7.31. The van der Waals surface area contributed by atoms with E-state index in [0.29, 0.717) is 17.2 Å². The minimum Gasteiger partial charge on any atom is -0.319 e. The predicted octanol–water partition coefficient (Wildman–Crippen LogP) is 1.43. The van der Waals surface area contributed by atoms with E-state index < -0.39 is 10.0 Å². The minimum atomic E-state index is -3.40. The summed E-state index contributed by atoms with van der Waals surface area (Å²) in [5.74, 6) is 0. The Balaban J connectivity index is 1.90. The van der Waals surface area contributed by atoms with Crippen molar-refractivity contribution < 1.29 is 8.42 Å². The van der Waals surface area contributed by atoms with Crippen molar-refractivity contribution in [2.75, 3.05) is 20.1 Å². The van der Waals surface area contributed by atoms with E-state index in [4.69, 9.17) is 0 Å². The Bertz CT molecular complexity index is 654. The number of likely N-dealkylation sites (N-methyl/N-ethyl adjacent to an activating group) is 1. The van der Waals surface area contributed by atoms with Gasteiger partial charge in [-0.1, -0.05) is 0 Å². The molecule has 0 aliphatic carbocycles. The molecule has 2 aromatic rings. The Morgan fingerprint density at radius 1 is 1.10 bits per heavy atom. The van der Waals surface area contributed by atoms with Crippen LogP contribution < -0.4 is 10.0 Å². The molecule has 2 rings (SSSR count). The zero-order chi connectivity index (χ0) is 15.1. The summed E-state index contributed by atoms with van der Waals surface area (Å²) < 4.78 is 27.4. The molecule has 0 aliphatic rings. The fourth-order valence-corrected chi connectivity index (χ4v) is 4.27. The lowest BCUT2D eigenvalue weighted by Gasteiger charge is -2.04. The van der Waals surface area contributed by atoms with Gasteiger partial charge >= 0.3 is 0 Å². The zero-order valence-electron chi connectivity index (χ0n) is 11.9. The van der Waals surface area contributed by atoms with Crippen LogP contribution in [0.2, 0.25) is 0 Å². The second kappa shape index (κ2) is 7.65. The maximum Gasteiger partial charge on any atom is 0.250 e. The highest BCUT2D eigenvalue weighted by atomic mass is 32.2. The lowest BCUT2D eigenvalue weighted by atomic mass is 10.2. The highest BCUT2D eigenvalue weighted by Crippen LogP contribution is 2.21. The number of nitrogens with zero attached hydrogens (tertiary/aromatic N) is 1. The van der Waals surface area contributed by atoms with Crippen molar-refractivity contribution in [3.05, 3.63) is 47.1 Å². The average molecular weight is 325 g/mol. The van der Waals surface area contributed by atoms with Crippen LogP contribution in [-0.2, 0) is 22.9 Å². The average Bonchev–Trinajstić information content (AvgIpc) is 2.96. The van der Waals surface area contributed by atoms with E-state index in [0.717, 1.165) is 23.4 Å². The quantitative estimate of drug-likeness (QED) is 0.770. The first kappa shape index (κ1) is 16.1. The van der Waals surface area contributed by atoms with Gasteiger partial charge < -0.3 is 5.32 Å². The molecular weight excluding hydrogens is 306 g/mol. The van der Waals surface area contributed by atoms with Gasteiger partial charge in [0.15, 0.2) is 0 Å². The molecule has 2 N–H and O–H groups in total. The van der Waals surface area contributed by atoms with Crippen LogP contribution in [0.3, 0.4) is 0 Å². The standard InChI is InChI=1S/C14H19N3O2S2/c1-15-8-7-13-2-3-14(20-13)21(18,19)17-11-6-12-4-9-16-10-5-12/h2-5,9-10,15,17H,6-8,11H2,1H3. The molecule has 0 spiro atoms. The van der Waals surface area contributed by atoms with Crippen molar-refractivity contribution in [3.8, 4) is 0 Å². The van der Waals surface area contributed by atoms with E-state index in [1.165, 1.54) is 11.3 Å². The summed E-state index contributed by atoms with van der Waals surface area (Å²) in [5.41, 5.74) is 1.06. The molecule has 0 bridgehead atoms. The van der Waals surface area contributed by atoms with Gasteiger partial charge in [0.05, 0.1) is 0 Å². The highest BCUT2D eigenvalue weighted by Gasteiger charge is 2.16. The second-order valence-electron chi connectivity index (χ2n) is 4.58. The SMILES string of the molecule is CNCCc1ccc(S(=O)(=O)NCCc2ccncc2)s1. The van der Waals surface area contributed by atoms with Gasteiger partial charge in [0.1, 0.15) is 4.21 Å². The molecule has 21 heavy (non-hydrogen) atoms. The predicted molar refractivity (Wildman–Crippen MR) is 85.1 cm³/mol. The Hall–Kier alpha value is -1.28. The molecule has 0 saturated carbocycles. The number of nitrogens with one attached hydrogen (secondary N) is 2. The Labute approximate surface area is 129 Å². The summed E-state index contributed by atoms with van der Waals surface area (Å²) in [6.07, 6.45) is 4.90. The van der Waals surface area contributed by atoms with E-state index in [2.05, 4.69) is 15.0 Å². The monoisotopic (exact) mass is 325 g/mol. The Kier molecular flexibility index (Phi) is 5.86. The van der Waals surface area contributed by atoms with Crippen LogP contribution in [0.5, 0.6) is 0 Å². The van der Waals surface area contributed by atoms with E-state index >= 15 is 0 Å². The van der Waals surface area contributed by atoms with Gasteiger partial charge in [0, 0.05) is 23.8 Å². The molecule has 7 heteroatoms. The van der Waals surface area contributed by atoms with Gasteiger partial charge in [-0.3, -0.25) is 4.98 Å². The maximum absolute atomic E-state index is 12.2. The third kappa shape index (κ3) is 4.89. The Morgan fingerprint density at radius 3 is 2.57 bits per heavy atom. The third-order valence-electron chi connectivity index (χ3n) is 2.98. The second-order valence-corrected chi connectivity index (χ2v) is 7.74. The van der Waals surface area contributed by atoms with Crippen molar-refractivity contribution >= 4 is 21.4 Å². The summed E-state index contributed by atoms with van der Waals surface area (Å²) in [5, 5.41) is 3.05. The van der Waals surface area contributed by atoms with Gasteiger partial charge in [-0.25, -0.2) is 13.1 Å². The number of sulfonamides is 1. The van der Waals surface area contributed by atoms with Gasteiger partial charge in [-0.05, 0) is 56.3 Å². The molecule has 0 amide bonds. The summed E-state index contributed by atoms with van der Waals surface area (Å²) in [4.78, 5) is 5.00. The molecule has 0 radical (unpaired) electrons. The fourth-order valence-electron chi connectivity index (χ4n) is 1.84. The van der Waals surface area contributed by atoms with E-state index in [1.54, 1.807) is 18.5 Å². The first-order valence-electron chi connectivity index (χ1n) is 6.74. The van der Waals surface area contributed by atoms with Crippen molar-refractivity contribution in [3.63, 3.8) is 0 Å². The normalized spacial score (nSPS) is 11.7. The van der Waals surface area contributed by atoms with Crippen LogP contribution in [0, 0.1) is 0 Å². The van der Waals surface area contributed by atoms with E-state index in [9.17, 15) is 8.42 Å². The Morgan fingerprint density at radius 2 is 1.86 bits per heavy atom. The number of thiophene rings is 1. The molecule has 0 aromatic carbocycles. The van der Waals surface area contributed by atoms with Crippen LogP contribution in [-0.4, -0.2) is 33.5 Å². The first-order chi connectivity index (χ1) is 10.1. The van der Waals surface area contributed by atoms with E-state index in [-0.39, 0.29) is 0 Å². The number of hydrogen-bond acceptors (Lipinski definition) is 5. The van der Waals surface area contributed by atoms with Crippen molar-refractivity contribution in [2.24, 2.45) is 0 Å². The summed E-state index contributed by atoms with van der Waals surface area (Å²) >= 11 is 1.33. The summed E-state index contributed by atoms with van der Waals surface area (Å²) in [7, 11) is -1.52. The van der Waals surface area contributed by atoms with Crippen LogP contribution in [0.15, 0.2) is 40.9 Å². The lowest BCUT2D eigenvalue weighted by molar-refractivity contribution is 0.584. The number of aromatic nitrogens is 1. The van der Waals surface area contributed by atoms with Crippen LogP contribution in [0.1, 0.15) is 10.4 Å². The highest BCUT2D eigenvalue weighted by molar-refractivity contribution is 7.91. The van der Waals surface area contributed by atoms with Gasteiger partial charge in [0.2, 0.25) is 10.0 Å². The van der Waals surface area contributed by atoms with Crippen molar-refractivity contribution in [1.82, 2.24) is 15.0 Å². The molecule has 0 aliphatic heterocycles. The van der Waals surface area contributed by atoms with Crippen LogP contribution in [0.4, 0.5) is 0 Å². The smallest absolute Gasteiger partial charge is 0.250 e. The van der Waals surface area contributed by atoms with Crippen molar-refractivity contribution in [2.45, 2.75) is 17.1 Å². The van der Waals surface area contributed by atoms with Gasteiger partial charge in [-0.15, -0.1) is 11.3 Å². The maximum atomic E-state index is 12.2. The third-order valence-corrected chi connectivity index (χ3v) is 6.08. The molecule has 0 unspecified atom stereocenters. The molecule has 0 saturated heterocycles. The number of pyridine rings is 1. The van der Waals surface area contributed by atoms with Gasteiger partial charge in [-0.2, -0.15) is 0 Å². The molecular formula is C14H19N3O2S2. The first-order valence-corrected chi connectivity index (χ1v) is 9.03. The van der Waals surface area contributed by atoms with E-state index in [1.807, 2.05) is 25.2 Å². The molecule has 0 fully saturated rings. The largest absolute Gasteiger partial charge is 0.319 e. The molecule has 5 nitrogen and oxygen atoms in total. The molecule has 0 atom stereocenters. The van der Waals surface area contributed by atoms with Gasteiger partial charge in [0.25, 0.3) is 0 Å².